The molecular formula is C16H27NO3. The molecule has 0 aromatic rings. The molecule has 0 heterocycles. The molecule has 0 aromatic carbocycles. The van der Waals surface area contributed by atoms with E-state index in [-0.39, 0.29) is 17.9 Å². The minimum atomic E-state index is -0.893. The van der Waals surface area contributed by atoms with Gasteiger partial charge >= 0.3 is 5.97 Å². The third-order valence-corrected chi connectivity index (χ3v) is 4.80. The molecule has 0 spiro atoms. The number of hydrogen-bond donors (Lipinski definition) is 1. The zero-order valence-electron chi connectivity index (χ0n) is 12.7. The number of nitrogens with zero attached hydrogens (tertiary/aromatic N) is 1. The Kier molecular flexibility index (Phi) is 5.06. The number of carbonyl (C=O) groups is 2. The van der Waals surface area contributed by atoms with Crippen molar-refractivity contribution in [3.8, 4) is 0 Å². The summed E-state index contributed by atoms with van der Waals surface area (Å²) in [4.78, 5) is 25.4. The van der Waals surface area contributed by atoms with E-state index in [9.17, 15) is 14.7 Å². The quantitative estimate of drug-likeness (QED) is 0.814. The van der Waals surface area contributed by atoms with Crippen LogP contribution >= 0.6 is 0 Å². The van der Waals surface area contributed by atoms with Crippen molar-refractivity contribution in [3.63, 3.8) is 0 Å². The van der Waals surface area contributed by atoms with E-state index in [0.29, 0.717) is 5.92 Å². The maximum Gasteiger partial charge on any atom is 0.326 e. The first-order valence-electron chi connectivity index (χ1n) is 8.05. The molecule has 2 atom stereocenters. The standard InChI is InChI=1S/C16H27NO3/c1-11(10-13-6-4-3-5-7-13)15(18)17(14-8-9-14)12(2)16(19)20/h11-14H,3-10H2,1-2H3,(H,19,20). The fourth-order valence-electron chi connectivity index (χ4n) is 3.44. The summed E-state index contributed by atoms with van der Waals surface area (Å²) in [5.41, 5.74) is 0. The minimum absolute atomic E-state index is 0.0412. The Balaban J connectivity index is 1.94. The van der Waals surface area contributed by atoms with E-state index < -0.39 is 12.0 Å². The third-order valence-electron chi connectivity index (χ3n) is 4.80. The second-order valence-corrected chi connectivity index (χ2v) is 6.63. The molecule has 0 bridgehead atoms. The molecule has 2 fully saturated rings. The predicted molar refractivity (Wildman–Crippen MR) is 77.3 cm³/mol. The molecule has 2 rings (SSSR count). The highest BCUT2D eigenvalue weighted by Gasteiger charge is 2.40. The molecule has 0 aliphatic heterocycles. The van der Waals surface area contributed by atoms with E-state index in [1.165, 1.54) is 32.1 Å². The van der Waals surface area contributed by atoms with Crippen LogP contribution in [0.15, 0.2) is 0 Å². The lowest BCUT2D eigenvalue weighted by Crippen LogP contribution is -2.47. The summed E-state index contributed by atoms with van der Waals surface area (Å²) < 4.78 is 0. The molecule has 0 saturated heterocycles. The molecule has 2 aliphatic rings. The van der Waals surface area contributed by atoms with Crippen LogP contribution in [-0.4, -0.2) is 34.0 Å². The van der Waals surface area contributed by atoms with Crippen LogP contribution in [0.1, 0.15) is 65.2 Å². The van der Waals surface area contributed by atoms with Crippen LogP contribution < -0.4 is 0 Å². The number of aliphatic carboxylic acids is 1. The molecule has 114 valence electrons. The largest absolute Gasteiger partial charge is 0.480 e. The van der Waals surface area contributed by atoms with E-state index in [2.05, 4.69) is 0 Å². The molecule has 4 heteroatoms. The van der Waals surface area contributed by atoms with Crippen LogP contribution in [0.5, 0.6) is 0 Å². The Labute approximate surface area is 121 Å². The summed E-state index contributed by atoms with van der Waals surface area (Å²) >= 11 is 0. The predicted octanol–water partition coefficient (Wildman–Crippen LogP) is 3.06. The van der Waals surface area contributed by atoms with Crippen molar-refractivity contribution in [1.82, 2.24) is 4.90 Å². The van der Waals surface area contributed by atoms with Crippen molar-refractivity contribution < 1.29 is 14.7 Å². The number of amides is 1. The van der Waals surface area contributed by atoms with Crippen LogP contribution in [0.2, 0.25) is 0 Å². The van der Waals surface area contributed by atoms with Crippen LogP contribution in [-0.2, 0) is 9.59 Å². The fraction of sp³-hybridized carbons (Fsp3) is 0.875. The van der Waals surface area contributed by atoms with Gasteiger partial charge in [0.2, 0.25) is 5.91 Å². The second-order valence-electron chi connectivity index (χ2n) is 6.63. The highest BCUT2D eigenvalue weighted by molar-refractivity contribution is 5.85. The van der Waals surface area contributed by atoms with Gasteiger partial charge in [-0.3, -0.25) is 4.79 Å². The van der Waals surface area contributed by atoms with E-state index in [1.807, 2.05) is 6.92 Å². The summed E-state index contributed by atoms with van der Waals surface area (Å²) in [5.74, 6) is -0.229. The van der Waals surface area contributed by atoms with Gasteiger partial charge in [-0.2, -0.15) is 0 Å². The number of hydrogen-bond acceptors (Lipinski definition) is 2. The minimum Gasteiger partial charge on any atom is -0.480 e. The highest BCUT2D eigenvalue weighted by Crippen LogP contribution is 2.33. The van der Waals surface area contributed by atoms with Crippen molar-refractivity contribution in [2.75, 3.05) is 0 Å². The van der Waals surface area contributed by atoms with Gasteiger partial charge in [0.25, 0.3) is 0 Å². The van der Waals surface area contributed by atoms with Gasteiger partial charge in [0, 0.05) is 12.0 Å². The normalized spacial score (nSPS) is 23.1. The maximum atomic E-state index is 12.6. The summed E-state index contributed by atoms with van der Waals surface area (Å²) in [7, 11) is 0. The van der Waals surface area contributed by atoms with Crippen LogP contribution in [0.4, 0.5) is 0 Å². The number of rotatable bonds is 6. The molecule has 1 amide bonds. The Hall–Kier alpha value is -1.06. The monoisotopic (exact) mass is 281 g/mol. The molecule has 2 unspecified atom stereocenters. The molecule has 20 heavy (non-hydrogen) atoms. The molecule has 1 N–H and O–H groups in total. The fourth-order valence-corrected chi connectivity index (χ4v) is 3.44. The average molecular weight is 281 g/mol. The zero-order chi connectivity index (χ0) is 14.7. The van der Waals surface area contributed by atoms with Crippen molar-refractivity contribution in [3.05, 3.63) is 0 Å². The first kappa shape index (κ1) is 15.3. The molecular weight excluding hydrogens is 254 g/mol. The van der Waals surface area contributed by atoms with Crippen molar-refractivity contribution >= 4 is 11.9 Å². The van der Waals surface area contributed by atoms with Crippen molar-refractivity contribution in [1.29, 1.82) is 0 Å². The summed E-state index contributed by atoms with van der Waals surface area (Å²) in [5, 5.41) is 9.19. The Morgan fingerprint density at radius 3 is 2.20 bits per heavy atom. The average Bonchev–Trinajstić information content (AvgIpc) is 3.24. The smallest absolute Gasteiger partial charge is 0.326 e. The topological polar surface area (TPSA) is 57.6 Å². The van der Waals surface area contributed by atoms with E-state index in [4.69, 9.17) is 0 Å². The molecule has 2 aliphatic carbocycles. The van der Waals surface area contributed by atoms with Gasteiger partial charge in [0.05, 0.1) is 0 Å². The van der Waals surface area contributed by atoms with Crippen LogP contribution in [0.25, 0.3) is 0 Å². The van der Waals surface area contributed by atoms with Gasteiger partial charge < -0.3 is 10.0 Å². The van der Waals surface area contributed by atoms with Gasteiger partial charge in [0.1, 0.15) is 6.04 Å². The number of carbonyl (C=O) groups excluding carboxylic acids is 1. The van der Waals surface area contributed by atoms with Gasteiger partial charge in [0.15, 0.2) is 0 Å². The summed E-state index contributed by atoms with van der Waals surface area (Å²) in [6.07, 6.45) is 9.19. The van der Waals surface area contributed by atoms with Crippen LogP contribution in [0, 0.1) is 11.8 Å². The maximum absolute atomic E-state index is 12.6. The summed E-state index contributed by atoms with van der Waals surface area (Å²) in [6, 6.07) is -0.522. The first-order valence-corrected chi connectivity index (χ1v) is 8.05. The Bertz CT molecular complexity index is 359. The number of carboxylic acid groups (broad SMARTS) is 1. The van der Waals surface area contributed by atoms with Gasteiger partial charge in [-0.1, -0.05) is 39.0 Å². The first-order chi connectivity index (χ1) is 9.50. The lowest BCUT2D eigenvalue weighted by atomic mass is 9.83. The third kappa shape index (κ3) is 3.74. The Morgan fingerprint density at radius 2 is 1.70 bits per heavy atom. The Morgan fingerprint density at radius 1 is 1.10 bits per heavy atom. The lowest BCUT2D eigenvalue weighted by molar-refractivity contribution is -0.152. The number of carboxylic acids is 1. The van der Waals surface area contributed by atoms with E-state index in [1.54, 1.807) is 11.8 Å². The molecule has 2 saturated carbocycles. The molecule has 4 nitrogen and oxygen atoms in total. The van der Waals surface area contributed by atoms with Crippen molar-refractivity contribution in [2.45, 2.75) is 77.3 Å². The summed E-state index contributed by atoms with van der Waals surface area (Å²) in [6.45, 7) is 3.60. The highest BCUT2D eigenvalue weighted by atomic mass is 16.4. The van der Waals surface area contributed by atoms with Crippen molar-refractivity contribution in [2.24, 2.45) is 11.8 Å². The van der Waals surface area contributed by atoms with Gasteiger partial charge in [-0.05, 0) is 32.1 Å². The van der Waals surface area contributed by atoms with E-state index >= 15 is 0 Å². The van der Waals surface area contributed by atoms with E-state index in [0.717, 1.165) is 19.3 Å². The van der Waals surface area contributed by atoms with Crippen LogP contribution in [0.3, 0.4) is 0 Å². The molecule has 0 aromatic heterocycles. The van der Waals surface area contributed by atoms with Gasteiger partial charge in [-0.25, -0.2) is 4.79 Å². The zero-order valence-corrected chi connectivity index (χ0v) is 12.7. The SMILES string of the molecule is CC(CC1CCCCC1)C(=O)N(C1CC1)C(C)C(=O)O. The van der Waals surface area contributed by atoms with Gasteiger partial charge in [-0.15, -0.1) is 0 Å². The molecule has 0 radical (unpaired) electrons. The second kappa shape index (κ2) is 6.59. The lowest BCUT2D eigenvalue weighted by Gasteiger charge is -2.31.